The first kappa shape index (κ1) is 17.0. The van der Waals surface area contributed by atoms with E-state index in [1.807, 2.05) is 6.07 Å². The number of hydrogen-bond donors (Lipinski definition) is 1. The molecule has 24 heavy (non-hydrogen) atoms. The fourth-order valence-corrected chi connectivity index (χ4v) is 3.65. The zero-order chi connectivity index (χ0) is 17.3. The average molecular weight is 377 g/mol. The first-order valence-corrected chi connectivity index (χ1v) is 8.20. The largest absolute Gasteiger partial charge is 0.451 e. The van der Waals surface area contributed by atoms with Crippen LogP contribution < -0.4 is 5.32 Å². The Morgan fingerprint density at radius 1 is 1.38 bits per heavy atom. The first-order chi connectivity index (χ1) is 11.3. The second-order valence-corrected chi connectivity index (χ2v) is 7.01. The van der Waals surface area contributed by atoms with Crippen molar-refractivity contribution < 1.29 is 18.0 Å². The van der Waals surface area contributed by atoms with Crippen LogP contribution in [-0.4, -0.2) is 27.4 Å². The summed E-state index contributed by atoms with van der Waals surface area (Å²) >= 11 is 7.49. The predicted octanol–water partition coefficient (Wildman–Crippen LogP) is 3.48. The Balaban J connectivity index is 1.56. The van der Waals surface area contributed by atoms with Gasteiger partial charge < -0.3 is 10.2 Å². The second kappa shape index (κ2) is 6.56. The van der Waals surface area contributed by atoms with E-state index in [-0.39, 0.29) is 12.6 Å². The van der Waals surface area contributed by atoms with Crippen LogP contribution in [0.3, 0.4) is 0 Å². The number of hydrogen-bond acceptors (Lipinski definition) is 4. The highest BCUT2D eigenvalue weighted by atomic mass is 35.5. The highest BCUT2D eigenvalue weighted by Crippen LogP contribution is 2.31. The summed E-state index contributed by atoms with van der Waals surface area (Å²) in [7, 11) is 0. The van der Waals surface area contributed by atoms with Crippen LogP contribution in [0.5, 0.6) is 0 Å². The molecule has 1 aliphatic rings. The molecule has 1 aliphatic heterocycles. The molecule has 0 spiro atoms. The molecule has 0 aliphatic carbocycles. The van der Waals surface area contributed by atoms with Crippen molar-refractivity contribution in [3.05, 3.63) is 44.6 Å². The summed E-state index contributed by atoms with van der Waals surface area (Å²) in [5, 5.41) is 2.66. The minimum Gasteiger partial charge on any atom is -0.334 e. The number of halogens is 4. The molecule has 2 aromatic rings. The van der Waals surface area contributed by atoms with Gasteiger partial charge in [0.05, 0.1) is 4.34 Å². The Morgan fingerprint density at radius 3 is 2.75 bits per heavy atom. The third-order valence-electron chi connectivity index (χ3n) is 3.53. The van der Waals surface area contributed by atoms with Crippen LogP contribution in [0.15, 0.2) is 18.5 Å². The molecule has 0 aromatic carbocycles. The minimum atomic E-state index is -4.57. The lowest BCUT2D eigenvalue weighted by Gasteiger charge is -2.27. The van der Waals surface area contributed by atoms with Crippen molar-refractivity contribution in [3.63, 3.8) is 0 Å². The molecule has 0 unspecified atom stereocenters. The number of thiophene rings is 1. The fraction of sp³-hybridized carbons (Fsp3) is 0.357. The summed E-state index contributed by atoms with van der Waals surface area (Å²) in [6.07, 6.45) is -1.72. The van der Waals surface area contributed by atoms with E-state index in [1.165, 1.54) is 16.2 Å². The van der Waals surface area contributed by atoms with Gasteiger partial charge in [-0.1, -0.05) is 11.6 Å². The van der Waals surface area contributed by atoms with Crippen LogP contribution >= 0.6 is 22.9 Å². The maximum Gasteiger partial charge on any atom is 0.451 e. The van der Waals surface area contributed by atoms with Crippen molar-refractivity contribution in [3.8, 4) is 0 Å². The minimum absolute atomic E-state index is 0.0602. The Bertz CT molecular complexity index is 747. The number of urea groups is 1. The van der Waals surface area contributed by atoms with Gasteiger partial charge in [-0.2, -0.15) is 13.2 Å². The molecule has 3 heterocycles. The molecule has 0 radical (unpaired) electrons. The topological polar surface area (TPSA) is 58.1 Å². The van der Waals surface area contributed by atoms with Gasteiger partial charge in [-0.15, -0.1) is 11.3 Å². The number of nitrogens with zero attached hydrogens (tertiary/aromatic N) is 3. The molecule has 0 saturated carbocycles. The molecular weight excluding hydrogens is 365 g/mol. The molecule has 5 nitrogen and oxygen atoms in total. The molecule has 0 bridgehead atoms. The number of rotatable bonds is 2. The van der Waals surface area contributed by atoms with Crippen LogP contribution in [-0.2, 0) is 25.7 Å². The van der Waals surface area contributed by atoms with E-state index >= 15 is 0 Å². The van der Waals surface area contributed by atoms with Crippen molar-refractivity contribution in [2.75, 3.05) is 6.54 Å². The van der Waals surface area contributed by atoms with Crippen LogP contribution in [0.1, 0.15) is 21.8 Å². The quantitative estimate of drug-likeness (QED) is 0.873. The van der Waals surface area contributed by atoms with Crippen molar-refractivity contribution in [2.45, 2.75) is 25.7 Å². The average Bonchev–Trinajstić information content (AvgIpc) is 2.91. The molecule has 2 amide bonds. The van der Waals surface area contributed by atoms with E-state index in [0.717, 1.165) is 24.4 Å². The van der Waals surface area contributed by atoms with Crippen LogP contribution in [0.4, 0.5) is 18.0 Å². The Hall–Kier alpha value is -1.87. The molecule has 1 N–H and O–H groups in total. The van der Waals surface area contributed by atoms with E-state index < -0.39 is 12.0 Å². The Labute approximate surface area is 144 Å². The van der Waals surface area contributed by atoms with Gasteiger partial charge in [0.15, 0.2) is 0 Å². The lowest BCUT2D eigenvalue weighted by Crippen LogP contribution is -2.42. The molecular formula is C14H12ClF3N4OS. The lowest BCUT2D eigenvalue weighted by atomic mass is 10.1. The molecule has 0 saturated heterocycles. The summed E-state index contributed by atoms with van der Waals surface area (Å²) in [5.41, 5.74) is 1.43. The predicted molar refractivity (Wildman–Crippen MR) is 82.7 cm³/mol. The molecule has 0 fully saturated rings. The highest BCUT2D eigenvalue weighted by molar-refractivity contribution is 7.16. The Morgan fingerprint density at radius 2 is 2.08 bits per heavy atom. The highest BCUT2D eigenvalue weighted by Gasteiger charge is 2.34. The number of carbonyl (C=O) groups excluding carboxylic acids is 1. The molecule has 3 rings (SSSR count). The number of alkyl halides is 3. The molecule has 0 atom stereocenters. The van der Waals surface area contributed by atoms with Crippen LogP contribution in [0.25, 0.3) is 0 Å². The molecule has 128 valence electrons. The van der Waals surface area contributed by atoms with Gasteiger partial charge in [0.2, 0.25) is 5.82 Å². The lowest BCUT2D eigenvalue weighted by molar-refractivity contribution is -0.145. The summed E-state index contributed by atoms with van der Waals surface area (Å²) in [4.78, 5) is 21.5. The monoisotopic (exact) mass is 376 g/mol. The third-order valence-corrected chi connectivity index (χ3v) is 4.89. The third kappa shape index (κ3) is 3.78. The second-order valence-electron chi connectivity index (χ2n) is 5.24. The van der Waals surface area contributed by atoms with Gasteiger partial charge in [0.1, 0.15) is 0 Å². The van der Waals surface area contributed by atoms with Crippen molar-refractivity contribution in [1.29, 1.82) is 0 Å². The number of aromatic nitrogens is 2. The van der Waals surface area contributed by atoms with E-state index in [0.29, 0.717) is 23.0 Å². The fourth-order valence-electron chi connectivity index (χ4n) is 2.35. The summed E-state index contributed by atoms with van der Waals surface area (Å²) in [6.45, 7) is 1.10. The van der Waals surface area contributed by atoms with E-state index in [1.54, 1.807) is 4.90 Å². The van der Waals surface area contributed by atoms with E-state index in [2.05, 4.69) is 15.3 Å². The molecule has 10 heteroatoms. The first-order valence-electron chi connectivity index (χ1n) is 7.01. The maximum atomic E-state index is 12.4. The smallest absolute Gasteiger partial charge is 0.334 e. The van der Waals surface area contributed by atoms with Crippen LogP contribution in [0.2, 0.25) is 4.34 Å². The summed E-state index contributed by atoms with van der Waals surface area (Å²) < 4.78 is 37.9. The zero-order valence-corrected chi connectivity index (χ0v) is 13.8. The van der Waals surface area contributed by atoms with Crippen molar-refractivity contribution in [1.82, 2.24) is 20.2 Å². The van der Waals surface area contributed by atoms with Gasteiger partial charge in [-0.3, -0.25) is 0 Å². The number of amides is 2. The maximum absolute atomic E-state index is 12.4. The van der Waals surface area contributed by atoms with Crippen molar-refractivity contribution >= 4 is 29.0 Å². The van der Waals surface area contributed by atoms with Crippen LogP contribution in [0, 0.1) is 0 Å². The number of carbonyl (C=O) groups is 1. The number of nitrogens with one attached hydrogen (secondary N) is 1. The Kier molecular flexibility index (Phi) is 4.64. The standard InChI is InChI=1S/C14H12ClF3N4OS/c15-11-3-9-7-22(2-1-10(9)24-11)13(23)21-6-8-4-19-12(20-5-8)14(16,17)18/h3-5H,1-2,6-7H2,(H,21,23). The normalized spacial score (nSPS) is 14.4. The SMILES string of the molecule is O=C(NCc1cnc(C(F)(F)F)nc1)N1CCc2sc(Cl)cc2C1. The van der Waals surface area contributed by atoms with Gasteiger partial charge in [-0.25, -0.2) is 14.8 Å². The molecule has 2 aromatic heterocycles. The van der Waals surface area contributed by atoms with Gasteiger partial charge in [-0.05, 0) is 18.1 Å². The van der Waals surface area contributed by atoms with E-state index in [9.17, 15) is 18.0 Å². The van der Waals surface area contributed by atoms with Gasteiger partial charge in [0.25, 0.3) is 0 Å². The zero-order valence-electron chi connectivity index (χ0n) is 12.2. The van der Waals surface area contributed by atoms with Gasteiger partial charge in [0, 0.05) is 42.5 Å². The van der Waals surface area contributed by atoms with Gasteiger partial charge >= 0.3 is 12.2 Å². The number of fused-ring (bicyclic) bond motifs is 1. The van der Waals surface area contributed by atoms with Crippen molar-refractivity contribution in [2.24, 2.45) is 0 Å². The van der Waals surface area contributed by atoms with E-state index in [4.69, 9.17) is 11.6 Å². The summed E-state index contributed by atoms with van der Waals surface area (Å²) in [6, 6.07) is 1.56. The summed E-state index contributed by atoms with van der Waals surface area (Å²) in [5.74, 6) is -1.20.